The molecule has 0 bridgehead atoms. The molecule has 0 spiro atoms. The van der Waals surface area contributed by atoms with Gasteiger partial charge in [0.05, 0.1) is 12.2 Å². The molecule has 3 aromatic rings. The third-order valence-corrected chi connectivity index (χ3v) is 10.6. The standard InChI is InChI=1S/C27H32O4Si/c1-21-16-17-24(26(18-21)30-20-29-5)25(28)19-31-32(27(2,3)4,22-12-8-6-9-13-22)23-14-10-7-11-15-23/h6-18H,19-20H2,1-5H3. The highest BCUT2D eigenvalue weighted by Crippen LogP contribution is 2.37. The summed E-state index contributed by atoms with van der Waals surface area (Å²) in [4.78, 5) is 13.4. The Balaban J connectivity index is 2.01. The highest BCUT2D eigenvalue weighted by Gasteiger charge is 2.50. The van der Waals surface area contributed by atoms with E-state index in [0.29, 0.717) is 11.3 Å². The Bertz CT molecular complexity index is 987. The van der Waals surface area contributed by atoms with Gasteiger partial charge in [0.1, 0.15) is 5.75 Å². The lowest BCUT2D eigenvalue weighted by molar-refractivity contribution is 0.0499. The topological polar surface area (TPSA) is 44.8 Å². The zero-order valence-corrected chi connectivity index (χ0v) is 20.6. The molecule has 0 aliphatic carbocycles. The van der Waals surface area contributed by atoms with E-state index < -0.39 is 8.32 Å². The molecule has 0 saturated carbocycles. The predicted octanol–water partition coefficient (Wildman–Crippen LogP) is 4.74. The largest absolute Gasteiger partial charge is 0.467 e. The molecule has 4 nitrogen and oxygen atoms in total. The lowest BCUT2D eigenvalue weighted by Crippen LogP contribution is -2.67. The Kier molecular flexibility index (Phi) is 7.67. The zero-order valence-electron chi connectivity index (χ0n) is 19.6. The van der Waals surface area contributed by atoms with Crippen molar-refractivity contribution in [2.24, 2.45) is 0 Å². The number of hydrogen-bond acceptors (Lipinski definition) is 4. The first kappa shape index (κ1) is 23.9. The van der Waals surface area contributed by atoms with Crippen LogP contribution in [-0.4, -0.2) is 34.6 Å². The number of ketones is 1. The van der Waals surface area contributed by atoms with Gasteiger partial charge in [-0.05, 0) is 40.0 Å². The minimum absolute atomic E-state index is 0.0281. The van der Waals surface area contributed by atoms with E-state index in [9.17, 15) is 4.79 Å². The molecule has 0 aliphatic heterocycles. The molecule has 3 aromatic carbocycles. The van der Waals surface area contributed by atoms with E-state index in [1.165, 1.54) is 0 Å². The summed E-state index contributed by atoms with van der Waals surface area (Å²) < 4.78 is 17.5. The average molecular weight is 449 g/mol. The van der Waals surface area contributed by atoms with Gasteiger partial charge in [0.25, 0.3) is 8.32 Å². The summed E-state index contributed by atoms with van der Waals surface area (Å²) in [6, 6.07) is 26.2. The number of rotatable bonds is 9. The van der Waals surface area contributed by atoms with E-state index in [1.54, 1.807) is 13.2 Å². The van der Waals surface area contributed by atoms with Crippen LogP contribution >= 0.6 is 0 Å². The van der Waals surface area contributed by atoms with Gasteiger partial charge in [-0.25, -0.2) is 0 Å². The van der Waals surface area contributed by atoms with Crippen LogP contribution in [0.4, 0.5) is 0 Å². The Labute approximate surface area is 192 Å². The van der Waals surface area contributed by atoms with Crippen molar-refractivity contribution in [1.82, 2.24) is 0 Å². The normalized spacial score (nSPS) is 11.9. The molecule has 168 valence electrons. The number of ether oxygens (including phenoxy) is 2. The summed E-state index contributed by atoms with van der Waals surface area (Å²) in [6.45, 7) is 8.61. The van der Waals surface area contributed by atoms with Gasteiger partial charge in [-0.3, -0.25) is 4.79 Å². The number of benzene rings is 3. The van der Waals surface area contributed by atoms with Crippen LogP contribution in [0, 0.1) is 6.92 Å². The molecule has 0 saturated heterocycles. The number of Topliss-reactive ketones (excluding diaryl/α,β-unsaturated/α-hetero) is 1. The molecule has 0 fully saturated rings. The molecule has 0 heterocycles. The Morgan fingerprint density at radius 3 is 1.94 bits per heavy atom. The van der Waals surface area contributed by atoms with Crippen LogP contribution in [-0.2, 0) is 9.16 Å². The zero-order chi connectivity index (χ0) is 23.2. The van der Waals surface area contributed by atoms with Gasteiger partial charge in [0.2, 0.25) is 0 Å². The maximum Gasteiger partial charge on any atom is 0.261 e. The number of carbonyl (C=O) groups excluding carboxylic acids is 1. The summed E-state index contributed by atoms with van der Waals surface area (Å²) in [5.41, 5.74) is 1.52. The van der Waals surface area contributed by atoms with E-state index in [4.69, 9.17) is 13.9 Å². The van der Waals surface area contributed by atoms with Gasteiger partial charge in [-0.1, -0.05) is 87.5 Å². The van der Waals surface area contributed by atoms with Crippen LogP contribution in [0.2, 0.25) is 5.04 Å². The monoisotopic (exact) mass is 448 g/mol. The van der Waals surface area contributed by atoms with Gasteiger partial charge in [0, 0.05) is 7.11 Å². The fourth-order valence-electron chi connectivity index (χ4n) is 4.11. The Morgan fingerprint density at radius 2 is 1.44 bits per heavy atom. The SMILES string of the molecule is COCOc1cc(C)ccc1C(=O)CO[Si](c1ccccc1)(c1ccccc1)C(C)(C)C. The predicted molar refractivity (Wildman–Crippen MR) is 132 cm³/mol. The summed E-state index contributed by atoms with van der Waals surface area (Å²) >= 11 is 0. The second kappa shape index (κ2) is 10.3. The number of hydrogen-bond donors (Lipinski definition) is 0. The number of aryl methyl sites for hydroxylation is 1. The lowest BCUT2D eigenvalue weighted by atomic mass is 10.1. The third-order valence-electron chi connectivity index (χ3n) is 5.61. The lowest BCUT2D eigenvalue weighted by Gasteiger charge is -2.42. The van der Waals surface area contributed by atoms with Crippen molar-refractivity contribution in [1.29, 1.82) is 0 Å². The van der Waals surface area contributed by atoms with E-state index >= 15 is 0 Å². The summed E-state index contributed by atoms with van der Waals surface area (Å²) in [5.74, 6) is 0.409. The van der Waals surface area contributed by atoms with Crippen LogP contribution in [0.3, 0.4) is 0 Å². The van der Waals surface area contributed by atoms with Gasteiger partial charge in [-0.2, -0.15) is 0 Å². The molecule has 0 aromatic heterocycles. The molecule has 0 atom stereocenters. The second-order valence-corrected chi connectivity index (χ2v) is 13.2. The molecular weight excluding hydrogens is 416 g/mol. The fourth-order valence-corrected chi connectivity index (χ4v) is 8.62. The highest BCUT2D eigenvalue weighted by molar-refractivity contribution is 6.99. The van der Waals surface area contributed by atoms with Gasteiger partial charge in [-0.15, -0.1) is 0 Å². The van der Waals surface area contributed by atoms with Crippen molar-refractivity contribution in [2.45, 2.75) is 32.7 Å². The minimum atomic E-state index is -2.78. The maximum atomic E-state index is 13.4. The minimum Gasteiger partial charge on any atom is -0.467 e. The van der Waals surface area contributed by atoms with Crippen molar-refractivity contribution >= 4 is 24.5 Å². The first-order valence-electron chi connectivity index (χ1n) is 10.8. The summed E-state index contributed by atoms with van der Waals surface area (Å²) in [6.07, 6.45) is 0. The average Bonchev–Trinajstić information content (AvgIpc) is 2.78. The fraction of sp³-hybridized carbons (Fsp3) is 0.296. The molecule has 0 unspecified atom stereocenters. The van der Waals surface area contributed by atoms with Crippen LogP contribution in [0.5, 0.6) is 5.75 Å². The quantitative estimate of drug-likeness (QED) is 0.270. The maximum absolute atomic E-state index is 13.4. The molecule has 3 rings (SSSR count). The van der Waals surface area contributed by atoms with E-state index in [0.717, 1.165) is 15.9 Å². The summed E-state index contributed by atoms with van der Waals surface area (Å²) in [5, 5.41) is 2.09. The third kappa shape index (κ3) is 5.01. The molecule has 0 amide bonds. The van der Waals surface area contributed by atoms with E-state index in [1.807, 2.05) is 55.5 Å². The van der Waals surface area contributed by atoms with Crippen molar-refractivity contribution in [3.8, 4) is 5.75 Å². The van der Waals surface area contributed by atoms with E-state index in [-0.39, 0.29) is 24.2 Å². The first-order chi connectivity index (χ1) is 15.3. The molecule has 0 N–H and O–H groups in total. The van der Waals surface area contributed by atoms with Crippen LogP contribution in [0.15, 0.2) is 78.9 Å². The van der Waals surface area contributed by atoms with E-state index in [2.05, 4.69) is 45.0 Å². The van der Waals surface area contributed by atoms with Crippen molar-refractivity contribution in [3.63, 3.8) is 0 Å². The molecule has 32 heavy (non-hydrogen) atoms. The summed E-state index contributed by atoms with van der Waals surface area (Å²) in [7, 11) is -1.23. The Morgan fingerprint density at radius 1 is 0.875 bits per heavy atom. The number of carbonyl (C=O) groups is 1. The highest BCUT2D eigenvalue weighted by atomic mass is 28.4. The first-order valence-corrected chi connectivity index (χ1v) is 12.7. The van der Waals surface area contributed by atoms with Gasteiger partial charge >= 0.3 is 0 Å². The molecule has 0 aliphatic rings. The van der Waals surface area contributed by atoms with Crippen molar-refractivity contribution < 1.29 is 18.7 Å². The molecule has 5 heteroatoms. The second-order valence-electron chi connectivity index (χ2n) is 8.93. The number of methoxy groups -OCH3 is 1. The van der Waals surface area contributed by atoms with Crippen molar-refractivity contribution in [2.75, 3.05) is 20.5 Å². The smallest absolute Gasteiger partial charge is 0.261 e. The molecular formula is C27H32O4Si. The van der Waals surface area contributed by atoms with Crippen LogP contribution in [0.25, 0.3) is 0 Å². The van der Waals surface area contributed by atoms with Crippen LogP contribution in [0.1, 0.15) is 36.7 Å². The Hall–Kier alpha value is -2.73. The van der Waals surface area contributed by atoms with Gasteiger partial charge < -0.3 is 13.9 Å². The van der Waals surface area contributed by atoms with Crippen molar-refractivity contribution in [3.05, 3.63) is 90.0 Å². The van der Waals surface area contributed by atoms with Crippen LogP contribution < -0.4 is 15.1 Å². The van der Waals surface area contributed by atoms with Gasteiger partial charge in [0.15, 0.2) is 12.6 Å². The molecule has 0 radical (unpaired) electrons.